The van der Waals surface area contributed by atoms with Gasteiger partial charge in [0.05, 0.1) is 16.9 Å². The number of ether oxygens (including phenoxy) is 2. The first-order chi connectivity index (χ1) is 10.8. The van der Waals surface area contributed by atoms with E-state index in [2.05, 4.69) is 5.32 Å². The summed E-state index contributed by atoms with van der Waals surface area (Å²) in [5.74, 6) is -0.0341. The number of aliphatic carboxylic acids is 1. The fraction of sp³-hybridized carbons (Fsp3) is 0.500. The smallest absolute Gasteiger partial charge is 0.309 e. The second-order valence-corrected chi connectivity index (χ2v) is 6.47. The Kier molecular flexibility index (Phi) is 5.36. The SMILES string of the molecule is CC(C)(CCNC(=O)Cc1cc(Cl)c2c(c1)OCCO2)C(=O)O. The van der Waals surface area contributed by atoms with Gasteiger partial charge in [-0.3, -0.25) is 9.59 Å². The molecule has 1 heterocycles. The predicted octanol–water partition coefficient (Wildman–Crippen LogP) is 2.27. The standard InChI is InChI=1S/C16H20ClNO5/c1-16(2,15(20)21)3-4-18-13(19)9-10-7-11(17)14-12(8-10)22-5-6-23-14/h7-8H,3-6,9H2,1-2H3,(H,18,19)(H,20,21). The van der Waals surface area contributed by atoms with Crippen molar-refractivity contribution >= 4 is 23.5 Å². The summed E-state index contributed by atoms with van der Waals surface area (Å²) in [5, 5.41) is 12.2. The first-order valence-corrected chi connectivity index (χ1v) is 7.75. The van der Waals surface area contributed by atoms with E-state index in [0.29, 0.717) is 48.3 Å². The van der Waals surface area contributed by atoms with Crippen LogP contribution in [-0.2, 0) is 16.0 Å². The predicted molar refractivity (Wildman–Crippen MR) is 85.2 cm³/mol. The van der Waals surface area contributed by atoms with E-state index in [1.54, 1.807) is 26.0 Å². The number of amides is 1. The lowest BCUT2D eigenvalue weighted by molar-refractivity contribution is -0.147. The van der Waals surface area contributed by atoms with Crippen LogP contribution in [-0.4, -0.2) is 36.7 Å². The highest BCUT2D eigenvalue weighted by Gasteiger charge is 2.26. The van der Waals surface area contributed by atoms with Crippen LogP contribution in [0.15, 0.2) is 12.1 Å². The van der Waals surface area contributed by atoms with Crippen molar-refractivity contribution in [1.82, 2.24) is 5.32 Å². The number of rotatable bonds is 6. The second-order valence-electron chi connectivity index (χ2n) is 6.07. The van der Waals surface area contributed by atoms with E-state index >= 15 is 0 Å². The molecule has 0 aromatic heterocycles. The molecule has 23 heavy (non-hydrogen) atoms. The third kappa shape index (κ3) is 4.51. The molecule has 6 nitrogen and oxygen atoms in total. The van der Waals surface area contributed by atoms with Crippen LogP contribution in [0.1, 0.15) is 25.8 Å². The molecule has 0 spiro atoms. The molecule has 2 rings (SSSR count). The normalized spacial score (nSPS) is 13.5. The molecule has 1 aliphatic rings. The number of hydrogen-bond donors (Lipinski definition) is 2. The highest BCUT2D eigenvalue weighted by Crippen LogP contribution is 2.38. The van der Waals surface area contributed by atoms with Gasteiger partial charge in [0.25, 0.3) is 0 Å². The lowest BCUT2D eigenvalue weighted by Crippen LogP contribution is -2.32. The van der Waals surface area contributed by atoms with Crippen LogP contribution in [0.5, 0.6) is 11.5 Å². The van der Waals surface area contributed by atoms with Gasteiger partial charge in [0, 0.05) is 6.54 Å². The zero-order valence-corrected chi connectivity index (χ0v) is 13.9. The van der Waals surface area contributed by atoms with Crippen molar-refractivity contribution in [3.05, 3.63) is 22.7 Å². The topological polar surface area (TPSA) is 84.9 Å². The maximum Gasteiger partial charge on any atom is 0.309 e. The molecule has 0 fully saturated rings. The molecule has 0 saturated heterocycles. The molecule has 2 N–H and O–H groups in total. The van der Waals surface area contributed by atoms with Crippen molar-refractivity contribution < 1.29 is 24.2 Å². The Hall–Kier alpha value is -1.95. The summed E-state index contributed by atoms with van der Waals surface area (Å²) in [7, 11) is 0. The maximum atomic E-state index is 12.0. The fourth-order valence-corrected chi connectivity index (χ4v) is 2.42. The number of carbonyl (C=O) groups is 2. The largest absolute Gasteiger partial charge is 0.486 e. The van der Waals surface area contributed by atoms with Crippen molar-refractivity contribution in [2.75, 3.05) is 19.8 Å². The molecule has 7 heteroatoms. The molecule has 0 radical (unpaired) electrons. The molecular weight excluding hydrogens is 322 g/mol. The minimum Gasteiger partial charge on any atom is -0.486 e. The monoisotopic (exact) mass is 341 g/mol. The fourth-order valence-electron chi connectivity index (χ4n) is 2.14. The van der Waals surface area contributed by atoms with E-state index in [9.17, 15) is 9.59 Å². The number of carboxylic acid groups (broad SMARTS) is 1. The third-order valence-corrected chi connectivity index (χ3v) is 3.95. The molecule has 0 unspecified atom stereocenters. The molecule has 126 valence electrons. The van der Waals surface area contributed by atoms with Gasteiger partial charge in [0.2, 0.25) is 5.91 Å². The van der Waals surface area contributed by atoms with Gasteiger partial charge in [-0.15, -0.1) is 0 Å². The van der Waals surface area contributed by atoms with E-state index in [-0.39, 0.29) is 12.3 Å². The summed E-state index contributed by atoms with van der Waals surface area (Å²) < 4.78 is 10.9. The summed E-state index contributed by atoms with van der Waals surface area (Å²) in [6, 6.07) is 3.41. The summed E-state index contributed by atoms with van der Waals surface area (Å²) in [6.45, 7) is 4.45. The summed E-state index contributed by atoms with van der Waals surface area (Å²) in [5.41, 5.74) is -0.151. The van der Waals surface area contributed by atoms with Crippen LogP contribution in [0.3, 0.4) is 0 Å². The Balaban J connectivity index is 1.91. The zero-order valence-electron chi connectivity index (χ0n) is 13.1. The van der Waals surface area contributed by atoms with E-state index in [4.69, 9.17) is 26.2 Å². The number of fused-ring (bicyclic) bond motifs is 1. The van der Waals surface area contributed by atoms with E-state index in [0.717, 1.165) is 0 Å². The number of nitrogens with one attached hydrogen (secondary N) is 1. The Bertz CT molecular complexity index is 615. The quantitative estimate of drug-likeness (QED) is 0.829. The molecule has 0 aliphatic carbocycles. The third-order valence-electron chi connectivity index (χ3n) is 3.67. The molecule has 1 aromatic rings. The molecule has 0 atom stereocenters. The van der Waals surface area contributed by atoms with Crippen molar-refractivity contribution in [3.63, 3.8) is 0 Å². The minimum atomic E-state index is -0.884. The Morgan fingerprint density at radius 1 is 1.30 bits per heavy atom. The molecule has 1 aliphatic heterocycles. The van der Waals surface area contributed by atoms with Gasteiger partial charge in [0.1, 0.15) is 13.2 Å². The highest BCUT2D eigenvalue weighted by molar-refractivity contribution is 6.32. The summed E-state index contributed by atoms with van der Waals surface area (Å²) in [4.78, 5) is 23.0. The van der Waals surface area contributed by atoms with Crippen molar-refractivity contribution in [2.24, 2.45) is 5.41 Å². The van der Waals surface area contributed by atoms with Gasteiger partial charge >= 0.3 is 5.97 Å². The first-order valence-electron chi connectivity index (χ1n) is 7.38. The first kappa shape index (κ1) is 17.4. The Morgan fingerprint density at radius 3 is 2.70 bits per heavy atom. The van der Waals surface area contributed by atoms with Crippen LogP contribution >= 0.6 is 11.6 Å². The highest BCUT2D eigenvalue weighted by atomic mass is 35.5. The van der Waals surface area contributed by atoms with Crippen LogP contribution in [0.25, 0.3) is 0 Å². The van der Waals surface area contributed by atoms with Gasteiger partial charge in [-0.25, -0.2) is 0 Å². The number of halogens is 1. The summed E-state index contributed by atoms with van der Waals surface area (Å²) >= 11 is 6.13. The second kappa shape index (κ2) is 7.08. The van der Waals surface area contributed by atoms with Crippen LogP contribution in [0.4, 0.5) is 0 Å². The zero-order chi connectivity index (χ0) is 17.0. The maximum absolute atomic E-state index is 12.0. The Labute approximate surface area is 139 Å². The van der Waals surface area contributed by atoms with Gasteiger partial charge in [-0.1, -0.05) is 11.6 Å². The Morgan fingerprint density at radius 2 is 2.00 bits per heavy atom. The van der Waals surface area contributed by atoms with Gasteiger partial charge in [-0.05, 0) is 38.0 Å². The van der Waals surface area contributed by atoms with E-state index in [1.165, 1.54) is 0 Å². The van der Waals surface area contributed by atoms with Crippen LogP contribution < -0.4 is 14.8 Å². The van der Waals surface area contributed by atoms with Gasteiger partial charge in [-0.2, -0.15) is 0 Å². The minimum absolute atomic E-state index is 0.143. The van der Waals surface area contributed by atoms with Crippen molar-refractivity contribution in [1.29, 1.82) is 0 Å². The molecular formula is C16H20ClNO5. The molecule has 0 saturated carbocycles. The molecule has 1 amide bonds. The summed E-state index contributed by atoms with van der Waals surface area (Å²) in [6.07, 6.45) is 0.500. The lowest BCUT2D eigenvalue weighted by Gasteiger charge is -2.20. The number of benzene rings is 1. The van der Waals surface area contributed by atoms with Gasteiger partial charge in [0.15, 0.2) is 11.5 Å². The number of carboxylic acids is 1. The number of carbonyl (C=O) groups excluding carboxylic acids is 1. The van der Waals surface area contributed by atoms with Crippen molar-refractivity contribution in [2.45, 2.75) is 26.7 Å². The molecule has 0 bridgehead atoms. The average molecular weight is 342 g/mol. The van der Waals surface area contributed by atoms with Crippen molar-refractivity contribution in [3.8, 4) is 11.5 Å². The van der Waals surface area contributed by atoms with Gasteiger partial charge < -0.3 is 19.9 Å². The van der Waals surface area contributed by atoms with Crippen LogP contribution in [0.2, 0.25) is 5.02 Å². The lowest BCUT2D eigenvalue weighted by atomic mass is 9.90. The number of hydrogen-bond acceptors (Lipinski definition) is 4. The van der Waals surface area contributed by atoms with E-state index < -0.39 is 11.4 Å². The average Bonchev–Trinajstić information content (AvgIpc) is 2.46. The molecule has 1 aromatic carbocycles. The van der Waals surface area contributed by atoms with Crippen LogP contribution in [0, 0.1) is 5.41 Å². The van der Waals surface area contributed by atoms with E-state index in [1.807, 2.05) is 0 Å².